The molecule has 0 fully saturated rings. The summed E-state index contributed by atoms with van der Waals surface area (Å²) in [4.78, 5) is 5.33. The molecule has 6 heteroatoms. The lowest BCUT2D eigenvalue weighted by molar-refractivity contribution is 0.106. The summed E-state index contributed by atoms with van der Waals surface area (Å²) < 4.78 is 5.47. The van der Waals surface area contributed by atoms with Gasteiger partial charge >= 0.3 is 0 Å². The van der Waals surface area contributed by atoms with E-state index in [-0.39, 0.29) is 6.61 Å². The number of rotatable bonds is 7. The van der Waals surface area contributed by atoms with Crippen LogP contribution in [0.5, 0.6) is 5.75 Å². The maximum Gasteiger partial charge on any atom is 0.138 e. The van der Waals surface area contributed by atoms with Crippen LogP contribution in [0.3, 0.4) is 0 Å². The average molecular weight is 313 g/mol. The van der Waals surface area contributed by atoms with Crippen LogP contribution in [0.1, 0.15) is 9.88 Å². The molecule has 2 rings (SSSR count). The zero-order valence-electron chi connectivity index (χ0n) is 11.2. The molecule has 0 amide bonds. The molecule has 20 heavy (non-hydrogen) atoms. The van der Waals surface area contributed by atoms with E-state index in [2.05, 4.69) is 10.3 Å². The van der Waals surface area contributed by atoms with Gasteiger partial charge in [0.15, 0.2) is 0 Å². The highest BCUT2D eigenvalue weighted by molar-refractivity contribution is 7.11. The summed E-state index contributed by atoms with van der Waals surface area (Å²) in [5, 5.41) is 14.6. The largest absolute Gasteiger partial charge is 0.489 e. The maximum atomic E-state index is 9.84. The van der Waals surface area contributed by atoms with Gasteiger partial charge in [-0.2, -0.15) is 0 Å². The van der Waals surface area contributed by atoms with Gasteiger partial charge in [-0.25, -0.2) is 4.98 Å². The fourth-order valence-electron chi connectivity index (χ4n) is 1.66. The number of aromatic nitrogens is 1. The molecule has 0 radical (unpaired) electrons. The standard InChI is InChI=1S/C14H17ClN2O2S/c1-10-17-8-12(20-10)7-16-6-11(18)9-19-14-5-3-2-4-13(14)15/h2-5,8,11,16,18H,6-7,9H2,1H3. The van der Waals surface area contributed by atoms with Gasteiger partial charge in [0.1, 0.15) is 18.5 Å². The molecule has 1 unspecified atom stereocenters. The van der Waals surface area contributed by atoms with E-state index in [9.17, 15) is 5.11 Å². The Morgan fingerprint density at radius 2 is 2.25 bits per heavy atom. The Morgan fingerprint density at radius 1 is 1.45 bits per heavy atom. The van der Waals surface area contributed by atoms with Crippen molar-refractivity contribution in [3.8, 4) is 5.75 Å². The minimum atomic E-state index is -0.583. The molecule has 0 bridgehead atoms. The second-order valence-corrected chi connectivity index (χ2v) is 6.10. The van der Waals surface area contributed by atoms with Gasteiger partial charge < -0.3 is 15.2 Å². The Morgan fingerprint density at radius 3 is 2.95 bits per heavy atom. The quantitative estimate of drug-likeness (QED) is 0.825. The highest BCUT2D eigenvalue weighted by atomic mass is 35.5. The first-order chi connectivity index (χ1) is 9.65. The van der Waals surface area contributed by atoms with Gasteiger partial charge in [-0.3, -0.25) is 0 Å². The first-order valence-corrected chi connectivity index (χ1v) is 7.52. The number of benzene rings is 1. The number of aliphatic hydroxyl groups is 1. The predicted octanol–water partition coefficient (Wildman–Crippen LogP) is 2.63. The van der Waals surface area contributed by atoms with Crippen molar-refractivity contribution in [1.29, 1.82) is 0 Å². The van der Waals surface area contributed by atoms with E-state index in [1.807, 2.05) is 25.3 Å². The molecule has 1 aromatic carbocycles. The van der Waals surface area contributed by atoms with Crippen molar-refractivity contribution < 1.29 is 9.84 Å². The predicted molar refractivity (Wildman–Crippen MR) is 81.5 cm³/mol. The Labute approximate surface area is 127 Å². The fraction of sp³-hybridized carbons (Fsp3) is 0.357. The Balaban J connectivity index is 1.68. The monoisotopic (exact) mass is 312 g/mol. The van der Waals surface area contributed by atoms with Gasteiger partial charge in [-0.1, -0.05) is 23.7 Å². The van der Waals surface area contributed by atoms with E-state index in [1.54, 1.807) is 23.5 Å². The lowest BCUT2D eigenvalue weighted by Gasteiger charge is -2.13. The number of nitrogens with zero attached hydrogens (tertiary/aromatic N) is 1. The average Bonchev–Trinajstić information content (AvgIpc) is 2.83. The van der Waals surface area contributed by atoms with Crippen LogP contribution in [0.15, 0.2) is 30.5 Å². The van der Waals surface area contributed by atoms with Crippen molar-refractivity contribution >= 4 is 22.9 Å². The molecule has 2 aromatic rings. The van der Waals surface area contributed by atoms with Crippen molar-refractivity contribution in [2.45, 2.75) is 19.6 Å². The van der Waals surface area contributed by atoms with E-state index >= 15 is 0 Å². The highest BCUT2D eigenvalue weighted by Crippen LogP contribution is 2.23. The second kappa shape index (κ2) is 7.59. The fourth-order valence-corrected chi connectivity index (χ4v) is 2.61. The highest BCUT2D eigenvalue weighted by Gasteiger charge is 2.07. The Bertz CT molecular complexity index is 547. The lowest BCUT2D eigenvalue weighted by Crippen LogP contribution is -2.31. The Hall–Kier alpha value is -1.14. The summed E-state index contributed by atoms with van der Waals surface area (Å²) in [6.45, 7) is 3.34. The van der Waals surface area contributed by atoms with Crippen LogP contribution in [0.25, 0.3) is 0 Å². The second-order valence-electron chi connectivity index (χ2n) is 4.37. The molecular formula is C14H17ClN2O2S. The normalized spacial score (nSPS) is 12.3. The van der Waals surface area contributed by atoms with Gasteiger partial charge in [0, 0.05) is 24.2 Å². The number of halogens is 1. The van der Waals surface area contributed by atoms with Crippen molar-refractivity contribution in [2.75, 3.05) is 13.2 Å². The summed E-state index contributed by atoms with van der Waals surface area (Å²) in [7, 11) is 0. The summed E-state index contributed by atoms with van der Waals surface area (Å²) in [5.74, 6) is 0.589. The number of aryl methyl sites for hydroxylation is 1. The minimum Gasteiger partial charge on any atom is -0.489 e. The first kappa shape index (κ1) is 15.3. The molecule has 1 atom stereocenters. The summed E-state index contributed by atoms with van der Waals surface area (Å²) in [6, 6.07) is 7.22. The molecule has 0 saturated heterocycles. The molecule has 1 aromatic heterocycles. The molecule has 108 valence electrons. The van der Waals surface area contributed by atoms with Crippen molar-refractivity contribution in [3.63, 3.8) is 0 Å². The smallest absolute Gasteiger partial charge is 0.138 e. The molecule has 0 saturated carbocycles. The molecule has 0 spiro atoms. The van der Waals surface area contributed by atoms with E-state index in [4.69, 9.17) is 16.3 Å². The van der Waals surface area contributed by atoms with Crippen LogP contribution in [0.4, 0.5) is 0 Å². The van der Waals surface area contributed by atoms with Crippen molar-refractivity contribution in [3.05, 3.63) is 45.4 Å². The molecule has 2 N–H and O–H groups in total. The zero-order valence-corrected chi connectivity index (χ0v) is 12.7. The van der Waals surface area contributed by atoms with Crippen LogP contribution in [-0.4, -0.2) is 29.3 Å². The van der Waals surface area contributed by atoms with Crippen LogP contribution in [0, 0.1) is 6.92 Å². The number of nitrogens with one attached hydrogen (secondary N) is 1. The molecule has 0 aliphatic heterocycles. The van der Waals surface area contributed by atoms with Gasteiger partial charge in [0.2, 0.25) is 0 Å². The van der Waals surface area contributed by atoms with E-state index in [0.29, 0.717) is 23.9 Å². The van der Waals surface area contributed by atoms with Crippen LogP contribution in [0.2, 0.25) is 5.02 Å². The van der Waals surface area contributed by atoms with E-state index in [1.165, 1.54) is 0 Å². The van der Waals surface area contributed by atoms with Gasteiger partial charge in [0.25, 0.3) is 0 Å². The molecular weight excluding hydrogens is 296 g/mol. The van der Waals surface area contributed by atoms with Crippen LogP contribution in [-0.2, 0) is 6.54 Å². The SMILES string of the molecule is Cc1ncc(CNCC(O)COc2ccccc2Cl)s1. The number of para-hydroxylation sites is 1. The number of aliphatic hydroxyl groups excluding tert-OH is 1. The number of hydrogen-bond donors (Lipinski definition) is 2. The van der Waals surface area contributed by atoms with E-state index in [0.717, 1.165) is 9.88 Å². The maximum absolute atomic E-state index is 9.84. The third-order valence-corrected chi connectivity index (χ3v) is 3.84. The van der Waals surface area contributed by atoms with Gasteiger partial charge in [-0.05, 0) is 19.1 Å². The summed E-state index contributed by atoms with van der Waals surface area (Å²) in [6.07, 6.45) is 1.26. The van der Waals surface area contributed by atoms with Crippen molar-refractivity contribution in [1.82, 2.24) is 10.3 Å². The summed E-state index contributed by atoms with van der Waals surface area (Å²) in [5.41, 5.74) is 0. The molecule has 0 aliphatic carbocycles. The summed E-state index contributed by atoms with van der Waals surface area (Å²) >= 11 is 7.61. The van der Waals surface area contributed by atoms with Gasteiger partial charge in [-0.15, -0.1) is 11.3 Å². The molecule has 1 heterocycles. The number of hydrogen-bond acceptors (Lipinski definition) is 5. The van der Waals surface area contributed by atoms with Crippen LogP contribution >= 0.6 is 22.9 Å². The lowest BCUT2D eigenvalue weighted by atomic mass is 10.3. The number of ether oxygens (including phenoxy) is 1. The molecule has 4 nitrogen and oxygen atoms in total. The Kier molecular flexibility index (Phi) is 5.79. The first-order valence-electron chi connectivity index (χ1n) is 6.32. The zero-order chi connectivity index (χ0) is 14.4. The third-order valence-electron chi connectivity index (χ3n) is 2.62. The topological polar surface area (TPSA) is 54.4 Å². The number of thiazole rings is 1. The van der Waals surface area contributed by atoms with Crippen molar-refractivity contribution in [2.24, 2.45) is 0 Å². The van der Waals surface area contributed by atoms with Crippen LogP contribution < -0.4 is 10.1 Å². The van der Waals surface area contributed by atoms with E-state index < -0.39 is 6.10 Å². The third kappa shape index (κ3) is 4.76. The van der Waals surface area contributed by atoms with Gasteiger partial charge in [0.05, 0.1) is 10.0 Å². The minimum absolute atomic E-state index is 0.207. The molecule has 0 aliphatic rings.